The summed E-state index contributed by atoms with van der Waals surface area (Å²) in [6.07, 6.45) is 0. The minimum atomic E-state index is -0.207. The maximum atomic E-state index is 12.7. The van der Waals surface area contributed by atoms with Gasteiger partial charge in [-0.2, -0.15) is 0 Å². The first kappa shape index (κ1) is 17.5. The van der Waals surface area contributed by atoms with Crippen molar-refractivity contribution in [2.75, 3.05) is 21.3 Å². The number of hydrogen-bond acceptors (Lipinski definition) is 6. The van der Waals surface area contributed by atoms with Gasteiger partial charge in [0.2, 0.25) is 11.8 Å². The van der Waals surface area contributed by atoms with Gasteiger partial charge in [0.05, 0.1) is 20.8 Å². The third kappa shape index (κ3) is 3.83. The highest BCUT2D eigenvalue weighted by atomic mass is 16.5. The Morgan fingerprint density at radius 3 is 2.31 bits per heavy atom. The van der Waals surface area contributed by atoms with Crippen LogP contribution in [0.5, 0.6) is 11.5 Å². The van der Waals surface area contributed by atoms with Crippen molar-refractivity contribution >= 4 is 5.91 Å². The lowest BCUT2D eigenvalue weighted by Crippen LogP contribution is -2.26. The van der Waals surface area contributed by atoms with E-state index in [0.29, 0.717) is 28.8 Å². The lowest BCUT2D eigenvalue weighted by molar-refractivity contribution is 0.0772. The van der Waals surface area contributed by atoms with E-state index < -0.39 is 0 Å². The summed E-state index contributed by atoms with van der Waals surface area (Å²) in [7, 11) is 4.74. The van der Waals surface area contributed by atoms with Crippen LogP contribution in [0.2, 0.25) is 0 Å². The van der Waals surface area contributed by atoms with Crippen LogP contribution in [0.4, 0.5) is 0 Å². The van der Waals surface area contributed by atoms with Gasteiger partial charge in [0.1, 0.15) is 11.5 Å². The zero-order valence-electron chi connectivity index (χ0n) is 14.8. The molecule has 0 fully saturated rings. The molecule has 1 amide bonds. The summed E-state index contributed by atoms with van der Waals surface area (Å²) in [5.74, 6) is 1.66. The van der Waals surface area contributed by atoms with E-state index in [9.17, 15) is 4.79 Å². The van der Waals surface area contributed by atoms with Crippen LogP contribution in [0, 0.1) is 0 Å². The molecule has 0 saturated carbocycles. The summed E-state index contributed by atoms with van der Waals surface area (Å²) < 4.78 is 16.1. The van der Waals surface area contributed by atoms with Crippen molar-refractivity contribution < 1.29 is 18.7 Å². The monoisotopic (exact) mass is 353 g/mol. The van der Waals surface area contributed by atoms with E-state index in [2.05, 4.69) is 10.2 Å². The molecule has 0 aliphatic carbocycles. The second-order valence-corrected chi connectivity index (χ2v) is 5.63. The predicted octanol–water partition coefficient (Wildman–Crippen LogP) is 3.03. The molecule has 0 radical (unpaired) electrons. The molecule has 1 aromatic heterocycles. The molecule has 7 nitrogen and oxygen atoms in total. The van der Waals surface area contributed by atoms with Gasteiger partial charge in [0, 0.05) is 24.2 Å². The maximum absolute atomic E-state index is 12.7. The number of aromatic nitrogens is 2. The van der Waals surface area contributed by atoms with Crippen molar-refractivity contribution in [2.45, 2.75) is 6.54 Å². The fourth-order valence-corrected chi connectivity index (χ4v) is 2.44. The summed E-state index contributed by atoms with van der Waals surface area (Å²) in [6.45, 7) is 0.193. The van der Waals surface area contributed by atoms with Gasteiger partial charge in [-0.05, 0) is 24.3 Å². The molecule has 7 heteroatoms. The third-order valence-corrected chi connectivity index (χ3v) is 3.81. The van der Waals surface area contributed by atoms with E-state index in [1.807, 2.05) is 30.3 Å². The van der Waals surface area contributed by atoms with Crippen LogP contribution in [0.25, 0.3) is 11.5 Å². The Hall–Kier alpha value is -3.35. The van der Waals surface area contributed by atoms with Crippen LogP contribution in [0.1, 0.15) is 16.2 Å². The number of amides is 1. The lowest BCUT2D eigenvalue weighted by Gasteiger charge is -2.16. The Labute approximate surface area is 151 Å². The summed E-state index contributed by atoms with van der Waals surface area (Å²) in [6, 6.07) is 14.5. The first-order valence-corrected chi connectivity index (χ1v) is 7.97. The summed E-state index contributed by atoms with van der Waals surface area (Å²) in [5, 5.41) is 8.05. The van der Waals surface area contributed by atoms with Crippen LogP contribution in [0.3, 0.4) is 0 Å². The highest BCUT2D eigenvalue weighted by Crippen LogP contribution is 2.24. The average Bonchev–Trinajstić information content (AvgIpc) is 3.16. The van der Waals surface area contributed by atoms with E-state index in [1.165, 1.54) is 19.1 Å². The van der Waals surface area contributed by atoms with Crippen molar-refractivity contribution in [1.29, 1.82) is 0 Å². The first-order valence-electron chi connectivity index (χ1n) is 7.97. The molecule has 0 spiro atoms. The normalized spacial score (nSPS) is 10.4. The summed E-state index contributed by atoms with van der Waals surface area (Å²) in [5.41, 5.74) is 1.28. The minimum Gasteiger partial charge on any atom is -0.497 e. The molecular weight excluding hydrogens is 334 g/mol. The Morgan fingerprint density at radius 1 is 1.04 bits per heavy atom. The standard InChI is InChI=1S/C19H19N3O4/c1-22(19(23)14-9-15(24-2)11-16(10-14)25-3)12-17-20-21-18(26-17)13-7-5-4-6-8-13/h4-11H,12H2,1-3H3. The van der Waals surface area contributed by atoms with Gasteiger partial charge < -0.3 is 18.8 Å². The molecule has 0 unspecified atom stereocenters. The highest BCUT2D eigenvalue weighted by Gasteiger charge is 2.17. The minimum absolute atomic E-state index is 0.193. The molecule has 0 bridgehead atoms. The number of benzene rings is 2. The number of rotatable bonds is 6. The first-order chi connectivity index (χ1) is 12.6. The average molecular weight is 353 g/mol. The van der Waals surface area contributed by atoms with Gasteiger partial charge in [0.25, 0.3) is 5.91 Å². The van der Waals surface area contributed by atoms with E-state index in [1.54, 1.807) is 25.2 Å². The van der Waals surface area contributed by atoms with Crippen LogP contribution in [0.15, 0.2) is 52.9 Å². The molecule has 3 rings (SSSR count). The molecule has 0 aliphatic rings. The number of carbonyl (C=O) groups is 1. The molecule has 0 N–H and O–H groups in total. The number of methoxy groups -OCH3 is 2. The van der Waals surface area contributed by atoms with Crippen LogP contribution < -0.4 is 9.47 Å². The molecular formula is C19H19N3O4. The van der Waals surface area contributed by atoms with E-state index in [0.717, 1.165) is 5.56 Å². The SMILES string of the molecule is COc1cc(OC)cc(C(=O)N(C)Cc2nnc(-c3ccccc3)o2)c1. The van der Waals surface area contributed by atoms with Gasteiger partial charge >= 0.3 is 0 Å². The Morgan fingerprint density at radius 2 is 1.69 bits per heavy atom. The Balaban J connectivity index is 1.75. The second kappa shape index (κ2) is 7.69. The number of hydrogen-bond donors (Lipinski definition) is 0. The molecule has 134 valence electrons. The molecule has 0 aliphatic heterocycles. The zero-order valence-corrected chi connectivity index (χ0v) is 14.8. The molecule has 0 atom stereocenters. The van der Waals surface area contributed by atoms with Gasteiger partial charge in [-0.15, -0.1) is 10.2 Å². The van der Waals surface area contributed by atoms with Crippen LogP contribution in [-0.2, 0) is 6.54 Å². The molecule has 0 saturated heterocycles. The third-order valence-electron chi connectivity index (χ3n) is 3.81. The smallest absolute Gasteiger partial charge is 0.254 e. The quantitative estimate of drug-likeness (QED) is 0.678. The predicted molar refractivity (Wildman–Crippen MR) is 95.1 cm³/mol. The molecule has 1 heterocycles. The number of ether oxygens (including phenoxy) is 2. The van der Waals surface area contributed by atoms with Crippen molar-refractivity contribution in [2.24, 2.45) is 0 Å². The van der Waals surface area contributed by atoms with Crippen molar-refractivity contribution in [3.05, 3.63) is 60.0 Å². The van der Waals surface area contributed by atoms with Gasteiger partial charge in [-0.1, -0.05) is 18.2 Å². The lowest BCUT2D eigenvalue weighted by atomic mass is 10.1. The fourth-order valence-electron chi connectivity index (χ4n) is 2.44. The number of carbonyl (C=O) groups excluding carboxylic acids is 1. The van der Waals surface area contributed by atoms with Crippen LogP contribution >= 0.6 is 0 Å². The van der Waals surface area contributed by atoms with Gasteiger partial charge in [-0.3, -0.25) is 4.79 Å². The maximum Gasteiger partial charge on any atom is 0.254 e. The van der Waals surface area contributed by atoms with Crippen molar-refractivity contribution in [3.8, 4) is 23.0 Å². The summed E-state index contributed by atoms with van der Waals surface area (Å²) in [4.78, 5) is 14.2. The molecule has 3 aromatic rings. The Kier molecular flexibility index (Phi) is 5.17. The van der Waals surface area contributed by atoms with Gasteiger partial charge in [-0.25, -0.2) is 0 Å². The molecule has 26 heavy (non-hydrogen) atoms. The van der Waals surface area contributed by atoms with Gasteiger partial charge in [0.15, 0.2) is 0 Å². The second-order valence-electron chi connectivity index (χ2n) is 5.63. The number of nitrogens with zero attached hydrogens (tertiary/aromatic N) is 3. The van der Waals surface area contributed by atoms with Crippen LogP contribution in [-0.4, -0.2) is 42.3 Å². The largest absolute Gasteiger partial charge is 0.497 e. The fraction of sp³-hybridized carbons (Fsp3) is 0.211. The highest BCUT2D eigenvalue weighted by molar-refractivity contribution is 5.94. The van der Waals surface area contributed by atoms with E-state index in [-0.39, 0.29) is 12.5 Å². The van der Waals surface area contributed by atoms with Crippen molar-refractivity contribution in [1.82, 2.24) is 15.1 Å². The Bertz CT molecular complexity index is 871. The molecule has 2 aromatic carbocycles. The van der Waals surface area contributed by atoms with E-state index >= 15 is 0 Å². The zero-order chi connectivity index (χ0) is 18.5. The van der Waals surface area contributed by atoms with Crippen molar-refractivity contribution in [3.63, 3.8) is 0 Å². The summed E-state index contributed by atoms with van der Waals surface area (Å²) >= 11 is 0. The van der Waals surface area contributed by atoms with E-state index in [4.69, 9.17) is 13.9 Å². The topological polar surface area (TPSA) is 77.7 Å².